The summed E-state index contributed by atoms with van der Waals surface area (Å²) in [5.41, 5.74) is 6.44. The average Bonchev–Trinajstić information content (AvgIpc) is 2.46. The second-order valence-corrected chi connectivity index (χ2v) is 5.25. The average molecular weight is 277 g/mol. The molecule has 1 aliphatic rings. The lowest BCUT2D eigenvalue weighted by Gasteiger charge is -2.31. The zero-order chi connectivity index (χ0) is 14.4. The number of carbonyl (C=O) groups excluding carboxylic acids is 1. The number of nitrogens with one attached hydrogen (secondary N) is 1. The van der Waals surface area contributed by atoms with Crippen molar-refractivity contribution in [3.63, 3.8) is 0 Å². The predicted octanol–water partition coefficient (Wildman–Crippen LogP) is 0.735. The summed E-state index contributed by atoms with van der Waals surface area (Å²) in [5, 5.41) is 3.56. The highest BCUT2D eigenvalue weighted by Crippen LogP contribution is 2.14. The third kappa shape index (κ3) is 4.51. The first kappa shape index (κ1) is 14.8. The van der Waals surface area contributed by atoms with E-state index in [1.165, 1.54) is 5.56 Å². The molecule has 0 bridgehead atoms. The van der Waals surface area contributed by atoms with Crippen LogP contribution in [0.15, 0.2) is 24.3 Å². The van der Waals surface area contributed by atoms with Crippen molar-refractivity contribution in [2.24, 2.45) is 5.73 Å². The number of hydrogen-bond acceptors (Lipinski definition) is 4. The topological polar surface area (TPSA) is 67.6 Å². The minimum Gasteiger partial charge on any atom is -0.497 e. The molecule has 20 heavy (non-hydrogen) atoms. The number of nitrogens with two attached hydrogens (primary N) is 1. The zero-order valence-corrected chi connectivity index (χ0v) is 12.0. The minimum atomic E-state index is -0.243. The van der Waals surface area contributed by atoms with E-state index in [1.54, 1.807) is 7.11 Å². The Kier molecular flexibility index (Phi) is 5.38. The number of piperidine rings is 1. The van der Waals surface area contributed by atoms with Crippen LogP contribution in [0.4, 0.5) is 0 Å². The van der Waals surface area contributed by atoms with Crippen LogP contribution in [0.1, 0.15) is 18.4 Å². The molecule has 0 atom stereocenters. The second-order valence-electron chi connectivity index (χ2n) is 5.25. The van der Waals surface area contributed by atoms with E-state index in [9.17, 15) is 4.79 Å². The van der Waals surface area contributed by atoms with Crippen molar-refractivity contribution in [3.8, 4) is 5.75 Å². The Labute approximate surface area is 120 Å². The molecule has 0 unspecified atom stereocenters. The Balaban J connectivity index is 1.74. The van der Waals surface area contributed by atoms with E-state index in [0.717, 1.165) is 38.2 Å². The quantitative estimate of drug-likeness (QED) is 0.804. The first-order valence-electron chi connectivity index (χ1n) is 7.04. The molecule has 2 rings (SSSR count). The fourth-order valence-electron chi connectivity index (χ4n) is 2.56. The van der Waals surface area contributed by atoms with Gasteiger partial charge in [0.1, 0.15) is 5.75 Å². The van der Waals surface area contributed by atoms with Gasteiger partial charge >= 0.3 is 0 Å². The molecule has 1 heterocycles. The van der Waals surface area contributed by atoms with Gasteiger partial charge in [-0.15, -0.1) is 0 Å². The van der Waals surface area contributed by atoms with Gasteiger partial charge < -0.3 is 15.8 Å². The fourth-order valence-corrected chi connectivity index (χ4v) is 2.56. The van der Waals surface area contributed by atoms with E-state index in [1.807, 2.05) is 12.1 Å². The summed E-state index contributed by atoms with van der Waals surface area (Å²) in [6.45, 7) is 3.08. The third-order valence-electron chi connectivity index (χ3n) is 3.70. The van der Waals surface area contributed by atoms with Gasteiger partial charge in [0, 0.05) is 25.7 Å². The lowest BCUT2D eigenvalue weighted by atomic mass is 10.0. The van der Waals surface area contributed by atoms with Gasteiger partial charge in [0.05, 0.1) is 13.7 Å². The van der Waals surface area contributed by atoms with Crippen molar-refractivity contribution in [3.05, 3.63) is 29.8 Å². The van der Waals surface area contributed by atoms with E-state index < -0.39 is 0 Å². The summed E-state index contributed by atoms with van der Waals surface area (Å²) in [7, 11) is 1.68. The van der Waals surface area contributed by atoms with Gasteiger partial charge in [0.2, 0.25) is 5.91 Å². The molecule has 1 aliphatic heterocycles. The van der Waals surface area contributed by atoms with Crippen LogP contribution in [0.25, 0.3) is 0 Å². The molecule has 1 fully saturated rings. The van der Waals surface area contributed by atoms with E-state index in [0.29, 0.717) is 12.6 Å². The van der Waals surface area contributed by atoms with Gasteiger partial charge in [-0.05, 0) is 30.5 Å². The van der Waals surface area contributed by atoms with E-state index in [4.69, 9.17) is 10.5 Å². The number of hydrogen-bond donors (Lipinski definition) is 2. The summed E-state index contributed by atoms with van der Waals surface area (Å²) in [6, 6.07) is 8.61. The smallest absolute Gasteiger partial charge is 0.231 e. The van der Waals surface area contributed by atoms with Crippen molar-refractivity contribution in [1.82, 2.24) is 10.2 Å². The normalized spacial score (nSPS) is 17.1. The van der Waals surface area contributed by atoms with Gasteiger partial charge in [-0.3, -0.25) is 9.69 Å². The number of amides is 1. The third-order valence-corrected chi connectivity index (χ3v) is 3.70. The largest absolute Gasteiger partial charge is 0.497 e. The maximum atomic E-state index is 10.9. The minimum absolute atomic E-state index is 0.243. The Morgan fingerprint density at radius 3 is 2.85 bits per heavy atom. The SMILES string of the molecule is COc1cccc(CNC2CCN(CC(N)=O)CC2)c1. The molecule has 0 saturated carbocycles. The van der Waals surface area contributed by atoms with Crippen LogP contribution < -0.4 is 15.8 Å². The molecule has 1 saturated heterocycles. The first-order chi connectivity index (χ1) is 9.67. The molecule has 0 aliphatic carbocycles. The molecular formula is C15H23N3O2. The van der Waals surface area contributed by atoms with Crippen molar-refractivity contribution in [2.75, 3.05) is 26.7 Å². The summed E-state index contributed by atoms with van der Waals surface area (Å²) in [6.07, 6.45) is 2.11. The molecule has 1 aromatic rings. The molecular weight excluding hydrogens is 254 g/mol. The number of methoxy groups -OCH3 is 1. The van der Waals surface area contributed by atoms with Crippen LogP contribution in [0, 0.1) is 0 Å². The number of rotatable bonds is 6. The summed E-state index contributed by atoms with van der Waals surface area (Å²) in [4.78, 5) is 13.0. The monoisotopic (exact) mass is 277 g/mol. The molecule has 5 heteroatoms. The number of benzene rings is 1. The molecule has 110 valence electrons. The van der Waals surface area contributed by atoms with Gasteiger partial charge in [0.15, 0.2) is 0 Å². The fraction of sp³-hybridized carbons (Fsp3) is 0.533. The maximum absolute atomic E-state index is 10.9. The van der Waals surface area contributed by atoms with E-state index >= 15 is 0 Å². The van der Waals surface area contributed by atoms with Crippen molar-refractivity contribution >= 4 is 5.91 Å². The Morgan fingerprint density at radius 1 is 1.45 bits per heavy atom. The molecule has 0 aromatic heterocycles. The van der Waals surface area contributed by atoms with Crippen LogP contribution in [0.2, 0.25) is 0 Å². The summed E-state index contributed by atoms with van der Waals surface area (Å²) < 4.78 is 5.22. The number of ether oxygens (including phenoxy) is 1. The highest BCUT2D eigenvalue weighted by atomic mass is 16.5. The van der Waals surface area contributed by atoms with Crippen LogP contribution in [0.3, 0.4) is 0 Å². The lowest BCUT2D eigenvalue weighted by molar-refractivity contribution is -0.119. The van der Waals surface area contributed by atoms with Crippen LogP contribution >= 0.6 is 0 Å². The van der Waals surface area contributed by atoms with Crippen LogP contribution in [-0.2, 0) is 11.3 Å². The second kappa shape index (κ2) is 7.26. The molecule has 1 aromatic carbocycles. The van der Waals surface area contributed by atoms with E-state index in [2.05, 4.69) is 22.3 Å². The maximum Gasteiger partial charge on any atom is 0.231 e. The van der Waals surface area contributed by atoms with Crippen molar-refractivity contribution in [1.29, 1.82) is 0 Å². The van der Waals surface area contributed by atoms with Gasteiger partial charge in [0.25, 0.3) is 0 Å². The molecule has 5 nitrogen and oxygen atoms in total. The number of primary amides is 1. The van der Waals surface area contributed by atoms with E-state index in [-0.39, 0.29) is 5.91 Å². The van der Waals surface area contributed by atoms with Gasteiger partial charge in [-0.1, -0.05) is 12.1 Å². The summed E-state index contributed by atoms with van der Waals surface area (Å²) >= 11 is 0. The Bertz CT molecular complexity index is 442. The van der Waals surface area contributed by atoms with Gasteiger partial charge in [-0.25, -0.2) is 0 Å². The Hall–Kier alpha value is -1.59. The summed E-state index contributed by atoms with van der Waals surface area (Å²) in [5.74, 6) is 0.647. The standard InChI is InChI=1S/C15H23N3O2/c1-20-14-4-2-3-12(9-14)10-17-13-5-7-18(8-6-13)11-15(16)19/h2-4,9,13,17H,5-8,10-11H2,1H3,(H2,16,19). The number of carbonyl (C=O) groups is 1. The predicted molar refractivity (Wildman–Crippen MR) is 78.5 cm³/mol. The number of nitrogens with zero attached hydrogens (tertiary/aromatic N) is 1. The van der Waals surface area contributed by atoms with Crippen molar-refractivity contribution in [2.45, 2.75) is 25.4 Å². The van der Waals surface area contributed by atoms with Gasteiger partial charge in [-0.2, -0.15) is 0 Å². The number of likely N-dealkylation sites (tertiary alicyclic amines) is 1. The highest BCUT2D eigenvalue weighted by molar-refractivity contribution is 5.75. The lowest BCUT2D eigenvalue weighted by Crippen LogP contribution is -2.45. The van der Waals surface area contributed by atoms with Crippen LogP contribution in [-0.4, -0.2) is 43.6 Å². The molecule has 0 spiro atoms. The molecule has 3 N–H and O–H groups in total. The van der Waals surface area contributed by atoms with Crippen molar-refractivity contribution < 1.29 is 9.53 Å². The van der Waals surface area contributed by atoms with Crippen LogP contribution in [0.5, 0.6) is 5.75 Å². The highest BCUT2D eigenvalue weighted by Gasteiger charge is 2.19. The zero-order valence-electron chi connectivity index (χ0n) is 12.0. The molecule has 1 amide bonds. The molecule has 0 radical (unpaired) electrons. The Morgan fingerprint density at radius 2 is 2.20 bits per heavy atom. The first-order valence-corrected chi connectivity index (χ1v) is 7.04.